The predicted molar refractivity (Wildman–Crippen MR) is 117 cm³/mol. The van der Waals surface area contributed by atoms with Gasteiger partial charge in [0.1, 0.15) is 0 Å². The van der Waals surface area contributed by atoms with E-state index in [0.717, 1.165) is 13.1 Å². The lowest BCUT2D eigenvalue weighted by Crippen LogP contribution is -2.35. The van der Waals surface area contributed by atoms with Crippen LogP contribution in [0.15, 0.2) is 45.8 Å². The van der Waals surface area contributed by atoms with Crippen molar-refractivity contribution < 1.29 is 23.7 Å². The van der Waals surface area contributed by atoms with Crippen LogP contribution in [0.4, 0.5) is 5.69 Å². The highest BCUT2D eigenvalue weighted by molar-refractivity contribution is 5.96. The van der Waals surface area contributed by atoms with E-state index in [9.17, 15) is 14.9 Å². The Morgan fingerprint density at radius 1 is 1.30 bits per heavy atom. The fourth-order valence-corrected chi connectivity index (χ4v) is 4.20. The number of hydrogen-bond acceptors (Lipinski definition) is 10. The third-order valence-electron chi connectivity index (χ3n) is 5.75. The number of nitrogens with zero attached hydrogens (tertiary/aromatic N) is 4. The van der Waals surface area contributed by atoms with Gasteiger partial charge in [-0.05, 0) is 19.4 Å². The number of benzene rings is 1. The van der Waals surface area contributed by atoms with Crippen LogP contribution < -0.4 is 5.32 Å². The molecule has 0 spiro atoms. The topological polar surface area (TPSA) is 133 Å². The second kappa shape index (κ2) is 9.51. The molecule has 1 N–H and O–H groups in total. The van der Waals surface area contributed by atoms with Gasteiger partial charge < -0.3 is 19.3 Å². The quantitative estimate of drug-likeness (QED) is 0.393. The lowest BCUT2D eigenvalue weighted by molar-refractivity contribution is -0.384. The molecule has 174 valence electrons. The molecular formula is C22H25N5O6. The summed E-state index contributed by atoms with van der Waals surface area (Å²) in [6.07, 6.45) is 0. The summed E-state index contributed by atoms with van der Waals surface area (Å²) in [5.74, 6) is -0.477. The Morgan fingerprint density at radius 3 is 2.76 bits per heavy atom. The van der Waals surface area contributed by atoms with Crippen LogP contribution in [0, 0.1) is 10.1 Å². The number of dihydropyridines is 1. The van der Waals surface area contributed by atoms with E-state index in [2.05, 4.69) is 20.4 Å². The van der Waals surface area contributed by atoms with Gasteiger partial charge in [-0.15, -0.1) is 0 Å². The summed E-state index contributed by atoms with van der Waals surface area (Å²) >= 11 is 0. The molecule has 33 heavy (non-hydrogen) atoms. The predicted octanol–water partition coefficient (Wildman–Crippen LogP) is 2.38. The molecule has 0 unspecified atom stereocenters. The summed E-state index contributed by atoms with van der Waals surface area (Å²) in [5.41, 5.74) is 2.66. The van der Waals surface area contributed by atoms with Gasteiger partial charge in [0, 0.05) is 42.2 Å². The van der Waals surface area contributed by atoms with Crippen molar-refractivity contribution in [2.45, 2.75) is 26.3 Å². The molecule has 0 amide bonds. The molecule has 0 bridgehead atoms. The summed E-state index contributed by atoms with van der Waals surface area (Å²) in [5, 5.41) is 18.7. The summed E-state index contributed by atoms with van der Waals surface area (Å²) in [6, 6.07) is 6.18. The molecule has 4 rings (SSSR count). The van der Waals surface area contributed by atoms with E-state index in [1.54, 1.807) is 19.1 Å². The zero-order chi connectivity index (χ0) is 23.5. The number of methoxy groups -OCH3 is 1. The van der Waals surface area contributed by atoms with Gasteiger partial charge in [-0.3, -0.25) is 15.0 Å². The Balaban J connectivity index is 1.76. The van der Waals surface area contributed by atoms with E-state index >= 15 is 0 Å². The first-order valence-electron chi connectivity index (χ1n) is 10.5. The Labute approximate surface area is 190 Å². The zero-order valence-corrected chi connectivity index (χ0v) is 18.7. The minimum absolute atomic E-state index is 0.0801. The first-order chi connectivity index (χ1) is 15.9. The Bertz CT molecular complexity index is 1130. The third-order valence-corrected chi connectivity index (χ3v) is 5.75. The number of allylic oxidation sites excluding steroid dienone is 3. The summed E-state index contributed by atoms with van der Waals surface area (Å²) in [7, 11) is 1.30. The van der Waals surface area contributed by atoms with Gasteiger partial charge >= 0.3 is 5.97 Å². The maximum atomic E-state index is 12.8. The van der Waals surface area contributed by atoms with Gasteiger partial charge in [-0.1, -0.05) is 17.3 Å². The van der Waals surface area contributed by atoms with Crippen LogP contribution in [0.2, 0.25) is 0 Å². The number of nitrogens with one attached hydrogen (secondary N) is 1. The van der Waals surface area contributed by atoms with E-state index in [1.165, 1.54) is 19.2 Å². The molecule has 1 saturated heterocycles. The maximum absolute atomic E-state index is 12.8. The number of ether oxygens (including phenoxy) is 2. The second-order valence-corrected chi connectivity index (χ2v) is 7.88. The van der Waals surface area contributed by atoms with Crippen molar-refractivity contribution in [2.75, 3.05) is 33.4 Å². The summed E-state index contributed by atoms with van der Waals surface area (Å²) < 4.78 is 16.0. The molecule has 11 heteroatoms. The Morgan fingerprint density at radius 2 is 2.06 bits per heavy atom. The number of nitro groups is 1. The molecule has 3 heterocycles. The van der Waals surface area contributed by atoms with Crippen LogP contribution in [0.3, 0.4) is 0 Å². The van der Waals surface area contributed by atoms with Crippen molar-refractivity contribution in [3.05, 3.63) is 68.6 Å². The third kappa shape index (κ3) is 4.64. The molecule has 2 aliphatic heterocycles. The Kier molecular flexibility index (Phi) is 6.52. The van der Waals surface area contributed by atoms with Crippen LogP contribution >= 0.6 is 0 Å². The second-order valence-electron chi connectivity index (χ2n) is 7.88. The molecule has 1 aromatic heterocycles. The van der Waals surface area contributed by atoms with Crippen molar-refractivity contribution in [3.8, 4) is 0 Å². The van der Waals surface area contributed by atoms with Gasteiger partial charge in [0.05, 0.1) is 43.3 Å². The highest BCUT2D eigenvalue weighted by atomic mass is 16.6. The van der Waals surface area contributed by atoms with Crippen LogP contribution in [0.1, 0.15) is 37.0 Å². The fraction of sp³-hybridized carbons (Fsp3) is 0.409. The molecule has 1 fully saturated rings. The highest BCUT2D eigenvalue weighted by Gasteiger charge is 2.37. The number of aromatic nitrogens is 2. The first-order valence-corrected chi connectivity index (χ1v) is 10.5. The van der Waals surface area contributed by atoms with Gasteiger partial charge in [0.25, 0.3) is 11.6 Å². The lowest BCUT2D eigenvalue weighted by atomic mass is 9.80. The molecule has 1 aromatic carbocycles. The molecule has 2 aromatic rings. The molecular weight excluding hydrogens is 430 g/mol. The smallest absolute Gasteiger partial charge is 0.336 e. The molecule has 0 aliphatic carbocycles. The molecule has 2 aliphatic rings. The van der Waals surface area contributed by atoms with Crippen molar-refractivity contribution >= 4 is 17.2 Å². The number of morpholine rings is 1. The number of rotatable bonds is 6. The molecule has 0 saturated carbocycles. The first kappa shape index (κ1) is 22.6. The highest BCUT2D eigenvalue weighted by Crippen LogP contribution is 2.43. The van der Waals surface area contributed by atoms with Gasteiger partial charge in [-0.2, -0.15) is 4.98 Å². The van der Waals surface area contributed by atoms with Crippen LogP contribution in [-0.4, -0.2) is 59.3 Å². The van der Waals surface area contributed by atoms with Crippen molar-refractivity contribution in [3.63, 3.8) is 0 Å². The molecule has 11 nitrogen and oxygen atoms in total. The van der Waals surface area contributed by atoms with Gasteiger partial charge in [0.2, 0.25) is 0 Å². The van der Waals surface area contributed by atoms with Crippen molar-refractivity contribution in [2.24, 2.45) is 0 Å². The van der Waals surface area contributed by atoms with Crippen LogP contribution in [0.25, 0.3) is 5.57 Å². The molecule has 0 radical (unpaired) electrons. The largest absolute Gasteiger partial charge is 0.466 e. The standard InChI is InChI=1S/C22H25N5O6/c1-13-18(21-24-17(25-33-21)12-26-7-9-32-10-8-26)20(19(14(2)23-13)22(28)31-3)15-5-4-6-16(11-15)27(29)30/h4-6,11,20,23H,7-10,12H2,1-3H3/t20-/m1/s1. The normalized spacial score (nSPS) is 19.4. The average molecular weight is 455 g/mol. The van der Waals surface area contributed by atoms with Crippen LogP contribution in [0.5, 0.6) is 0 Å². The van der Waals surface area contributed by atoms with Gasteiger partial charge in [0.15, 0.2) is 5.82 Å². The maximum Gasteiger partial charge on any atom is 0.336 e. The Hall–Kier alpha value is -3.57. The summed E-state index contributed by atoms with van der Waals surface area (Å²) in [4.78, 5) is 30.5. The monoisotopic (exact) mass is 455 g/mol. The fourth-order valence-electron chi connectivity index (χ4n) is 4.20. The SMILES string of the molecule is COC(=O)C1=C(C)NC(C)=C(c2nc(CN3CCOCC3)no2)[C@H]1c1cccc([N+](=O)[O-])c1. The van der Waals surface area contributed by atoms with Gasteiger partial charge in [-0.25, -0.2) is 4.79 Å². The van der Waals surface area contributed by atoms with Crippen LogP contribution in [-0.2, 0) is 20.8 Å². The van der Waals surface area contributed by atoms with E-state index in [1.807, 2.05) is 6.92 Å². The van der Waals surface area contributed by atoms with E-state index in [-0.39, 0.29) is 11.6 Å². The number of carbonyl (C=O) groups excluding carboxylic acids is 1. The molecule has 1 atom stereocenters. The number of hydrogen-bond donors (Lipinski definition) is 1. The van der Waals surface area contributed by atoms with E-state index in [0.29, 0.717) is 53.7 Å². The minimum atomic E-state index is -0.685. The number of nitro benzene ring substituents is 1. The van der Waals surface area contributed by atoms with E-state index < -0.39 is 16.8 Å². The van der Waals surface area contributed by atoms with Crippen molar-refractivity contribution in [1.82, 2.24) is 20.4 Å². The van der Waals surface area contributed by atoms with Crippen molar-refractivity contribution in [1.29, 1.82) is 0 Å². The number of esters is 1. The number of non-ortho nitro benzene ring substituents is 1. The zero-order valence-electron chi connectivity index (χ0n) is 18.7. The number of carbonyl (C=O) groups is 1. The average Bonchev–Trinajstić information content (AvgIpc) is 3.26. The van der Waals surface area contributed by atoms with E-state index in [4.69, 9.17) is 14.0 Å². The lowest BCUT2D eigenvalue weighted by Gasteiger charge is -2.29. The summed E-state index contributed by atoms with van der Waals surface area (Å²) in [6.45, 7) is 6.96. The minimum Gasteiger partial charge on any atom is -0.466 e.